The largest absolute Gasteiger partial charge is 0.465 e. The molecule has 0 fully saturated rings. The summed E-state index contributed by atoms with van der Waals surface area (Å²) in [5.74, 6) is 0.442. The first-order valence-corrected chi connectivity index (χ1v) is 7.04. The van der Waals surface area contributed by atoms with Crippen molar-refractivity contribution in [2.75, 3.05) is 7.11 Å². The number of furan rings is 1. The number of fused-ring (bicyclic) bond motifs is 1. The second kappa shape index (κ2) is 5.66. The van der Waals surface area contributed by atoms with Crippen molar-refractivity contribution in [3.05, 3.63) is 59.4 Å². The third kappa shape index (κ3) is 2.49. The molecule has 0 aliphatic carbocycles. The van der Waals surface area contributed by atoms with Crippen molar-refractivity contribution in [2.24, 2.45) is 5.73 Å². The molecule has 0 radical (unpaired) electrons. The number of nitrogens with two attached hydrogens (primary N) is 1. The van der Waals surface area contributed by atoms with E-state index >= 15 is 0 Å². The minimum absolute atomic E-state index is 0.333. The van der Waals surface area contributed by atoms with E-state index in [1.54, 1.807) is 12.1 Å². The zero-order valence-corrected chi connectivity index (χ0v) is 12.6. The number of aryl methyl sites for hydroxylation is 1. The molecule has 2 aromatic carbocycles. The van der Waals surface area contributed by atoms with Gasteiger partial charge in [0, 0.05) is 5.39 Å². The number of esters is 1. The first-order valence-electron chi connectivity index (χ1n) is 7.04. The van der Waals surface area contributed by atoms with E-state index in [2.05, 4.69) is 12.1 Å². The van der Waals surface area contributed by atoms with Crippen LogP contribution in [0.25, 0.3) is 22.1 Å². The molecule has 3 rings (SSSR count). The van der Waals surface area contributed by atoms with Crippen LogP contribution in [0.4, 0.5) is 0 Å². The summed E-state index contributed by atoms with van der Waals surface area (Å²) in [7, 11) is 1.38. The van der Waals surface area contributed by atoms with E-state index in [0.29, 0.717) is 12.1 Å². The molecule has 0 bridgehead atoms. The number of benzene rings is 2. The van der Waals surface area contributed by atoms with Crippen molar-refractivity contribution in [1.29, 1.82) is 0 Å². The molecule has 1 heterocycles. The molecule has 0 aliphatic heterocycles. The van der Waals surface area contributed by atoms with Gasteiger partial charge >= 0.3 is 5.97 Å². The van der Waals surface area contributed by atoms with Gasteiger partial charge in [0.05, 0.1) is 19.2 Å². The van der Waals surface area contributed by atoms with Gasteiger partial charge in [-0.15, -0.1) is 0 Å². The summed E-state index contributed by atoms with van der Waals surface area (Å²) in [4.78, 5) is 11.5. The normalized spacial score (nSPS) is 10.9. The van der Waals surface area contributed by atoms with Crippen molar-refractivity contribution in [3.63, 3.8) is 0 Å². The smallest absolute Gasteiger partial charge is 0.337 e. The van der Waals surface area contributed by atoms with E-state index in [0.717, 1.165) is 33.4 Å². The molecule has 3 aromatic rings. The number of methoxy groups -OCH3 is 1. The number of carbonyl (C=O) groups excluding carboxylic acids is 1. The van der Waals surface area contributed by atoms with Gasteiger partial charge in [0.1, 0.15) is 11.3 Å². The molecule has 1 aromatic heterocycles. The van der Waals surface area contributed by atoms with E-state index in [9.17, 15) is 4.79 Å². The van der Waals surface area contributed by atoms with E-state index < -0.39 is 0 Å². The van der Waals surface area contributed by atoms with Crippen LogP contribution in [0.5, 0.6) is 0 Å². The molecule has 112 valence electrons. The predicted molar refractivity (Wildman–Crippen MR) is 85.6 cm³/mol. The Kier molecular flexibility index (Phi) is 3.69. The summed E-state index contributed by atoms with van der Waals surface area (Å²) in [5.41, 5.74) is 10.2. The van der Waals surface area contributed by atoms with Crippen LogP contribution in [-0.4, -0.2) is 13.1 Å². The van der Waals surface area contributed by atoms with Crippen molar-refractivity contribution >= 4 is 16.9 Å². The molecule has 2 N–H and O–H groups in total. The second-order valence-electron chi connectivity index (χ2n) is 5.20. The molecule has 0 spiro atoms. The lowest BCUT2D eigenvalue weighted by Crippen LogP contribution is -2.00. The molecule has 4 nitrogen and oxygen atoms in total. The average molecular weight is 295 g/mol. The van der Waals surface area contributed by atoms with E-state index in [4.69, 9.17) is 14.9 Å². The SMILES string of the molecule is COC(=O)c1ccc(-c2cc(C)c3oc(CN)cc3c2)cc1. The fourth-order valence-corrected chi connectivity index (χ4v) is 2.57. The third-order valence-corrected chi connectivity index (χ3v) is 3.69. The minimum Gasteiger partial charge on any atom is -0.465 e. The number of ether oxygens (including phenoxy) is 1. The summed E-state index contributed by atoms with van der Waals surface area (Å²) < 4.78 is 10.4. The Morgan fingerprint density at radius 3 is 2.50 bits per heavy atom. The number of rotatable bonds is 3. The highest BCUT2D eigenvalue weighted by atomic mass is 16.5. The first kappa shape index (κ1) is 14.4. The van der Waals surface area contributed by atoms with Crippen LogP contribution in [0.3, 0.4) is 0 Å². The van der Waals surface area contributed by atoms with Gasteiger partial charge in [0.15, 0.2) is 0 Å². The van der Waals surface area contributed by atoms with Crippen molar-refractivity contribution in [3.8, 4) is 11.1 Å². The van der Waals surface area contributed by atoms with Crippen molar-refractivity contribution < 1.29 is 13.9 Å². The van der Waals surface area contributed by atoms with Crippen molar-refractivity contribution in [1.82, 2.24) is 0 Å². The third-order valence-electron chi connectivity index (χ3n) is 3.69. The molecule has 0 amide bonds. The summed E-state index contributed by atoms with van der Waals surface area (Å²) in [5, 5.41) is 1.03. The van der Waals surface area contributed by atoms with Gasteiger partial charge in [-0.1, -0.05) is 12.1 Å². The highest BCUT2D eigenvalue weighted by Crippen LogP contribution is 2.30. The lowest BCUT2D eigenvalue weighted by Gasteiger charge is -2.05. The van der Waals surface area contributed by atoms with Gasteiger partial charge in [-0.25, -0.2) is 4.79 Å². The van der Waals surface area contributed by atoms with Crippen LogP contribution in [0.15, 0.2) is 46.9 Å². The standard InChI is InChI=1S/C18H17NO3/c1-11-7-14(8-15-9-16(10-19)22-17(11)15)12-3-5-13(6-4-12)18(20)21-2/h3-9H,10,19H2,1-2H3. The van der Waals surface area contributed by atoms with Crippen LogP contribution in [0, 0.1) is 6.92 Å². The fourth-order valence-electron chi connectivity index (χ4n) is 2.57. The maximum atomic E-state index is 11.5. The van der Waals surface area contributed by atoms with Crippen LogP contribution < -0.4 is 5.73 Å². The molecule has 0 unspecified atom stereocenters. The Hall–Kier alpha value is -2.59. The van der Waals surface area contributed by atoms with Gasteiger partial charge in [-0.3, -0.25) is 0 Å². The first-order chi connectivity index (χ1) is 10.6. The Labute approximate surface area is 128 Å². The average Bonchev–Trinajstić information content (AvgIpc) is 2.98. The molecule has 0 atom stereocenters. The monoisotopic (exact) mass is 295 g/mol. The van der Waals surface area contributed by atoms with Crippen LogP contribution in [0.1, 0.15) is 21.7 Å². The van der Waals surface area contributed by atoms with Crippen molar-refractivity contribution in [2.45, 2.75) is 13.5 Å². The maximum Gasteiger partial charge on any atom is 0.337 e. The second-order valence-corrected chi connectivity index (χ2v) is 5.20. The summed E-state index contributed by atoms with van der Waals surface area (Å²) in [6, 6.07) is 13.5. The molecular weight excluding hydrogens is 278 g/mol. The van der Waals surface area contributed by atoms with Crippen LogP contribution in [0.2, 0.25) is 0 Å². The Bertz CT molecular complexity index is 831. The molecule has 0 aliphatic rings. The number of hydrogen-bond donors (Lipinski definition) is 1. The zero-order valence-electron chi connectivity index (χ0n) is 12.6. The van der Waals surface area contributed by atoms with Gasteiger partial charge in [-0.2, -0.15) is 0 Å². The molecule has 0 saturated heterocycles. The maximum absolute atomic E-state index is 11.5. The number of hydrogen-bond acceptors (Lipinski definition) is 4. The Morgan fingerprint density at radius 2 is 1.86 bits per heavy atom. The summed E-state index contributed by atoms with van der Waals surface area (Å²) in [6.07, 6.45) is 0. The predicted octanol–water partition coefficient (Wildman–Crippen LogP) is 3.65. The topological polar surface area (TPSA) is 65.5 Å². The Balaban J connectivity index is 2.04. The van der Waals surface area contributed by atoms with E-state index in [1.807, 2.05) is 25.1 Å². The van der Waals surface area contributed by atoms with Gasteiger partial charge in [-0.05, 0) is 53.9 Å². The lowest BCUT2D eigenvalue weighted by molar-refractivity contribution is 0.0601. The van der Waals surface area contributed by atoms with Gasteiger partial charge < -0.3 is 14.9 Å². The zero-order chi connectivity index (χ0) is 15.7. The van der Waals surface area contributed by atoms with E-state index in [-0.39, 0.29) is 5.97 Å². The molecule has 0 saturated carbocycles. The van der Waals surface area contributed by atoms with Crippen LogP contribution >= 0.6 is 0 Å². The Morgan fingerprint density at radius 1 is 1.14 bits per heavy atom. The fraction of sp³-hybridized carbons (Fsp3) is 0.167. The quantitative estimate of drug-likeness (QED) is 0.749. The van der Waals surface area contributed by atoms with Crippen LogP contribution in [-0.2, 0) is 11.3 Å². The van der Waals surface area contributed by atoms with Gasteiger partial charge in [0.2, 0.25) is 0 Å². The van der Waals surface area contributed by atoms with E-state index in [1.165, 1.54) is 7.11 Å². The summed E-state index contributed by atoms with van der Waals surface area (Å²) in [6.45, 7) is 2.40. The lowest BCUT2D eigenvalue weighted by atomic mass is 10.00. The molecule has 4 heteroatoms. The highest BCUT2D eigenvalue weighted by molar-refractivity contribution is 5.91. The molecular formula is C18H17NO3. The highest BCUT2D eigenvalue weighted by Gasteiger charge is 2.10. The molecule has 22 heavy (non-hydrogen) atoms. The van der Waals surface area contributed by atoms with Gasteiger partial charge in [0.25, 0.3) is 0 Å². The minimum atomic E-state index is -0.333. The number of carbonyl (C=O) groups is 1. The summed E-state index contributed by atoms with van der Waals surface area (Å²) >= 11 is 0.